The van der Waals surface area contributed by atoms with Gasteiger partial charge in [-0.3, -0.25) is 0 Å². The third kappa shape index (κ3) is 5.69. The van der Waals surface area contributed by atoms with Gasteiger partial charge in [0, 0.05) is 0 Å². The number of aliphatic hydroxyl groups is 1. The number of benzene rings is 1. The molecule has 0 fully saturated rings. The highest BCUT2D eigenvalue weighted by Crippen LogP contribution is 2.13. The average molecular weight is 232 g/mol. The molecule has 1 aromatic rings. The van der Waals surface area contributed by atoms with Gasteiger partial charge in [-0.05, 0) is 30.2 Å². The molecule has 17 heavy (non-hydrogen) atoms. The zero-order valence-electron chi connectivity index (χ0n) is 11.1. The quantitative estimate of drug-likeness (QED) is 0.739. The minimum atomic E-state index is -0.245. The summed E-state index contributed by atoms with van der Waals surface area (Å²) in [6, 6.07) is 10.3. The Labute approximate surface area is 105 Å². The largest absolute Gasteiger partial charge is 0.393 e. The van der Waals surface area contributed by atoms with Crippen LogP contribution in [0.1, 0.15) is 32.8 Å². The Morgan fingerprint density at radius 3 is 2.29 bits per heavy atom. The van der Waals surface area contributed by atoms with Gasteiger partial charge in [0.1, 0.15) is 0 Å². The van der Waals surface area contributed by atoms with Crippen molar-refractivity contribution in [2.45, 2.75) is 39.7 Å². The number of rotatable bonds is 6. The first-order valence-electron chi connectivity index (χ1n) is 6.50. The predicted octanol–water partition coefficient (Wildman–Crippen LogP) is 3.83. The van der Waals surface area contributed by atoms with E-state index in [-0.39, 0.29) is 12.0 Å². The van der Waals surface area contributed by atoms with Crippen molar-refractivity contribution in [1.29, 1.82) is 0 Å². The smallest absolute Gasteiger partial charge is 0.0603 e. The fraction of sp³-hybridized carbons (Fsp3) is 0.500. The van der Waals surface area contributed by atoms with Gasteiger partial charge in [0.2, 0.25) is 0 Å². The maximum absolute atomic E-state index is 10.0. The Morgan fingerprint density at radius 2 is 1.71 bits per heavy atom. The van der Waals surface area contributed by atoms with Crippen molar-refractivity contribution in [2.75, 3.05) is 0 Å². The molecule has 0 saturated heterocycles. The van der Waals surface area contributed by atoms with Gasteiger partial charge in [-0.25, -0.2) is 0 Å². The summed E-state index contributed by atoms with van der Waals surface area (Å²) >= 11 is 0. The Kier molecular flexibility index (Phi) is 5.99. The van der Waals surface area contributed by atoms with Crippen molar-refractivity contribution in [3.63, 3.8) is 0 Å². The van der Waals surface area contributed by atoms with E-state index < -0.39 is 0 Å². The number of hydrogen-bond donors (Lipinski definition) is 1. The SMILES string of the molecule is CC(C)/C=C\[C@@H](C)[C@@H](O)CCc1ccccc1. The minimum Gasteiger partial charge on any atom is -0.393 e. The van der Waals surface area contributed by atoms with E-state index in [1.165, 1.54) is 5.56 Å². The molecule has 2 atom stereocenters. The van der Waals surface area contributed by atoms with E-state index in [9.17, 15) is 5.11 Å². The molecule has 1 nitrogen and oxygen atoms in total. The van der Waals surface area contributed by atoms with Crippen LogP contribution in [0, 0.1) is 11.8 Å². The highest BCUT2D eigenvalue weighted by Gasteiger charge is 2.11. The summed E-state index contributed by atoms with van der Waals surface area (Å²) in [6.07, 6.45) is 5.82. The average Bonchev–Trinajstić information content (AvgIpc) is 2.34. The van der Waals surface area contributed by atoms with Crippen LogP contribution < -0.4 is 0 Å². The van der Waals surface area contributed by atoms with Crippen molar-refractivity contribution < 1.29 is 5.11 Å². The third-order valence-electron chi connectivity index (χ3n) is 2.98. The summed E-state index contributed by atoms with van der Waals surface area (Å²) < 4.78 is 0. The molecule has 1 heteroatoms. The first kappa shape index (κ1) is 14.0. The zero-order valence-corrected chi connectivity index (χ0v) is 11.1. The normalized spacial score (nSPS) is 15.4. The van der Waals surface area contributed by atoms with Crippen molar-refractivity contribution in [2.24, 2.45) is 11.8 Å². The molecule has 0 aromatic heterocycles. The first-order valence-corrected chi connectivity index (χ1v) is 6.50. The van der Waals surface area contributed by atoms with E-state index in [1.54, 1.807) is 0 Å². The van der Waals surface area contributed by atoms with Crippen molar-refractivity contribution in [3.8, 4) is 0 Å². The summed E-state index contributed by atoms with van der Waals surface area (Å²) in [4.78, 5) is 0. The van der Waals surface area contributed by atoms with Gasteiger partial charge < -0.3 is 5.11 Å². The Morgan fingerprint density at radius 1 is 1.06 bits per heavy atom. The second-order valence-corrected chi connectivity index (χ2v) is 5.08. The van der Waals surface area contributed by atoms with E-state index >= 15 is 0 Å². The molecule has 0 heterocycles. The minimum absolute atomic E-state index is 0.237. The fourth-order valence-corrected chi connectivity index (χ4v) is 1.75. The summed E-state index contributed by atoms with van der Waals surface area (Å²) in [5.74, 6) is 0.792. The molecule has 0 amide bonds. The van der Waals surface area contributed by atoms with Gasteiger partial charge in [-0.2, -0.15) is 0 Å². The van der Waals surface area contributed by atoms with Crippen LogP contribution in [0.3, 0.4) is 0 Å². The molecular weight excluding hydrogens is 208 g/mol. The maximum atomic E-state index is 10.0. The molecule has 0 saturated carbocycles. The van der Waals surface area contributed by atoms with Crippen LogP contribution in [0.4, 0.5) is 0 Å². The van der Waals surface area contributed by atoms with Gasteiger partial charge in [-0.1, -0.05) is 63.3 Å². The van der Waals surface area contributed by atoms with E-state index in [4.69, 9.17) is 0 Å². The van der Waals surface area contributed by atoms with Crippen molar-refractivity contribution in [1.82, 2.24) is 0 Å². The molecule has 0 aliphatic rings. The molecule has 1 aromatic carbocycles. The lowest BCUT2D eigenvalue weighted by atomic mass is 9.96. The number of aryl methyl sites for hydroxylation is 1. The van der Waals surface area contributed by atoms with E-state index in [2.05, 4.69) is 45.1 Å². The molecule has 0 radical (unpaired) electrons. The monoisotopic (exact) mass is 232 g/mol. The Bertz CT molecular complexity index is 327. The lowest BCUT2D eigenvalue weighted by Gasteiger charge is -2.15. The van der Waals surface area contributed by atoms with Crippen LogP contribution in [0.25, 0.3) is 0 Å². The molecule has 1 N–H and O–H groups in total. The van der Waals surface area contributed by atoms with Gasteiger partial charge in [0.15, 0.2) is 0 Å². The summed E-state index contributed by atoms with van der Waals surface area (Å²) in [5, 5.41) is 10.0. The molecule has 0 aliphatic heterocycles. The van der Waals surface area contributed by atoms with Gasteiger partial charge >= 0.3 is 0 Å². The van der Waals surface area contributed by atoms with Crippen LogP contribution in [-0.2, 0) is 6.42 Å². The maximum Gasteiger partial charge on any atom is 0.0603 e. The molecule has 0 unspecified atom stereocenters. The van der Waals surface area contributed by atoms with Crippen LogP contribution in [0.5, 0.6) is 0 Å². The van der Waals surface area contributed by atoms with Gasteiger partial charge in [0.25, 0.3) is 0 Å². The third-order valence-corrected chi connectivity index (χ3v) is 2.98. The lowest BCUT2D eigenvalue weighted by molar-refractivity contribution is 0.128. The zero-order chi connectivity index (χ0) is 12.7. The van der Waals surface area contributed by atoms with Crippen molar-refractivity contribution >= 4 is 0 Å². The molecule has 0 aliphatic carbocycles. The van der Waals surface area contributed by atoms with Gasteiger partial charge in [0.05, 0.1) is 6.10 Å². The summed E-state index contributed by atoms with van der Waals surface area (Å²) in [5.41, 5.74) is 1.30. The van der Waals surface area contributed by atoms with Crippen LogP contribution in [0.15, 0.2) is 42.5 Å². The Hall–Kier alpha value is -1.08. The molecule has 1 rings (SSSR count). The van der Waals surface area contributed by atoms with E-state index in [0.717, 1.165) is 12.8 Å². The number of allylic oxidation sites excluding steroid dienone is 1. The van der Waals surface area contributed by atoms with Crippen LogP contribution >= 0.6 is 0 Å². The van der Waals surface area contributed by atoms with Crippen molar-refractivity contribution in [3.05, 3.63) is 48.0 Å². The highest BCUT2D eigenvalue weighted by atomic mass is 16.3. The molecule has 0 bridgehead atoms. The predicted molar refractivity (Wildman–Crippen MR) is 73.9 cm³/mol. The fourth-order valence-electron chi connectivity index (χ4n) is 1.75. The van der Waals surface area contributed by atoms with Crippen LogP contribution in [0.2, 0.25) is 0 Å². The first-order chi connectivity index (χ1) is 8.09. The summed E-state index contributed by atoms with van der Waals surface area (Å²) in [7, 11) is 0. The standard InChI is InChI=1S/C16H24O/c1-13(2)9-10-14(3)16(17)12-11-15-7-5-4-6-8-15/h4-10,13-14,16-17H,11-12H2,1-3H3/b10-9-/t14-,16+/m1/s1. The highest BCUT2D eigenvalue weighted by molar-refractivity contribution is 5.14. The number of aliphatic hydroxyl groups excluding tert-OH is 1. The van der Waals surface area contributed by atoms with E-state index in [1.807, 2.05) is 18.2 Å². The lowest BCUT2D eigenvalue weighted by Crippen LogP contribution is -2.16. The number of hydrogen-bond acceptors (Lipinski definition) is 1. The second-order valence-electron chi connectivity index (χ2n) is 5.08. The molecule has 0 spiro atoms. The van der Waals surface area contributed by atoms with Crippen LogP contribution in [-0.4, -0.2) is 11.2 Å². The summed E-state index contributed by atoms with van der Waals surface area (Å²) in [6.45, 7) is 6.38. The molecule has 94 valence electrons. The van der Waals surface area contributed by atoms with Gasteiger partial charge in [-0.15, -0.1) is 0 Å². The Balaban J connectivity index is 2.36. The van der Waals surface area contributed by atoms with E-state index in [0.29, 0.717) is 5.92 Å². The molecular formula is C16H24O. The topological polar surface area (TPSA) is 20.2 Å². The second kappa shape index (κ2) is 7.29.